The Hall–Kier alpha value is -3.75. The van der Waals surface area contributed by atoms with Crippen molar-refractivity contribution in [3.05, 3.63) is 97.2 Å². The van der Waals surface area contributed by atoms with Crippen LogP contribution in [-0.4, -0.2) is 80.6 Å². The van der Waals surface area contributed by atoms with Crippen molar-refractivity contribution in [2.24, 2.45) is 0 Å². The molecule has 0 aromatic carbocycles. The van der Waals surface area contributed by atoms with Gasteiger partial charge in [0, 0.05) is 19.3 Å². The molecule has 2 unspecified atom stereocenters. The number of quaternary nitrogens is 1. The summed E-state index contributed by atoms with van der Waals surface area (Å²) in [5, 5.41) is 9.62. The predicted molar refractivity (Wildman–Crippen MR) is 243 cm³/mol. The minimum Gasteiger partial charge on any atom is -0.477 e. The Morgan fingerprint density at radius 1 is 0.552 bits per heavy atom. The van der Waals surface area contributed by atoms with Crippen molar-refractivity contribution in [3.63, 3.8) is 0 Å². The first-order chi connectivity index (χ1) is 28.1. The Morgan fingerprint density at radius 2 is 1.03 bits per heavy atom. The van der Waals surface area contributed by atoms with Gasteiger partial charge in [-0.25, -0.2) is 4.79 Å². The molecule has 0 aromatic heterocycles. The molecule has 8 heteroatoms. The SMILES string of the molecule is CC/C=C/C=C/C=C/CCCCCCCC(=O)OCC(COCCC(C(=O)O)[N+](C)(C)C)OC(=O)CCCC/C=C/C/C=C/C/C=C/C/C=C/C/C=C/CCCCC. The van der Waals surface area contributed by atoms with E-state index in [0.29, 0.717) is 19.3 Å². The Kier molecular flexibility index (Phi) is 37.5. The molecule has 58 heavy (non-hydrogen) atoms. The molecule has 1 N–H and O–H groups in total. The third kappa shape index (κ3) is 37.8. The minimum absolute atomic E-state index is 0.0302. The highest BCUT2D eigenvalue weighted by atomic mass is 16.6. The van der Waals surface area contributed by atoms with Gasteiger partial charge in [-0.2, -0.15) is 0 Å². The number of nitrogens with zero attached hydrogens (tertiary/aromatic N) is 1. The van der Waals surface area contributed by atoms with Gasteiger partial charge in [0.15, 0.2) is 12.1 Å². The zero-order valence-corrected chi connectivity index (χ0v) is 37.2. The molecule has 0 heterocycles. The van der Waals surface area contributed by atoms with Gasteiger partial charge in [0.1, 0.15) is 6.61 Å². The van der Waals surface area contributed by atoms with Crippen LogP contribution in [0.15, 0.2) is 97.2 Å². The van der Waals surface area contributed by atoms with E-state index in [1.807, 2.05) is 33.3 Å². The lowest BCUT2D eigenvalue weighted by molar-refractivity contribution is -0.887. The van der Waals surface area contributed by atoms with Gasteiger partial charge in [-0.15, -0.1) is 0 Å². The Morgan fingerprint density at radius 3 is 1.60 bits per heavy atom. The molecule has 0 aliphatic rings. The van der Waals surface area contributed by atoms with Crippen LogP contribution in [0.3, 0.4) is 0 Å². The third-order valence-electron chi connectivity index (χ3n) is 9.28. The summed E-state index contributed by atoms with van der Waals surface area (Å²) in [6.07, 6.45) is 53.1. The molecule has 0 saturated carbocycles. The zero-order chi connectivity index (χ0) is 42.8. The van der Waals surface area contributed by atoms with E-state index < -0.39 is 18.1 Å². The Bertz CT molecular complexity index is 1260. The van der Waals surface area contributed by atoms with Crippen molar-refractivity contribution in [2.75, 3.05) is 41.0 Å². The lowest BCUT2D eigenvalue weighted by atomic mass is 10.1. The first-order valence-corrected chi connectivity index (χ1v) is 22.3. The van der Waals surface area contributed by atoms with Crippen LogP contribution >= 0.6 is 0 Å². The van der Waals surface area contributed by atoms with Crippen molar-refractivity contribution in [1.82, 2.24) is 0 Å². The summed E-state index contributed by atoms with van der Waals surface area (Å²) in [5.74, 6) is -1.57. The van der Waals surface area contributed by atoms with Crippen LogP contribution in [0.2, 0.25) is 0 Å². The zero-order valence-electron chi connectivity index (χ0n) is 37.2. The van der Waals surface area contributed by atoms with E-state index in [2.05, 4.69) is 98.9 Å². The molecule has 0 saturated heterocycles. The lowest BCUT2D eigenvalue weighted by Gasteiger charge is -2.31. The maximum absolute atomic E-state index is 12.7. The number of esters is 2. The molecule has 0 rings (SSSR count). The van der Waals surface area contributed by atoms with Crippen LogP contribution in [0.4, 0.5) is 0 Å². The topological polar surface area (TPSA) is 99.1 Å². The second-order valence-electron chi connectivity index (χ2n) is 15.6. The van der Waals surface area contributed by atoms with Gasteiger partial charge in [-0.1, -0.05) is 143 Å². The van der Waals surface area contributed by atoms with Crippen LogP contribution in [0, 0.1) is 0 Å². The van der Waals surface area contributed by atoms with Gasteiger partial charge in [0.25, 0.3) is 0 Å². The Labute approximate surface area is 354 Å². The first-order valence-electron chi connectivity index (χ1n) is 22.3. The van der Waals surface area contributed by atoms with Crippen molar-refractivity contribution in [3.8, 4) is 0 Å². The van der Waals surface area contributed by atoms with Gasteiger partial charge < -0.3 is 23.8 Å². The summed E-state index contributed by atoms with van der Waals surface area (Å²) in [6.45, 7) is 4.48. The van der Waals surface area contributed by atoms with E-state index in [1.54, 1.807) is 0 Å². The number of hydrogen-bond donors (Lipinski definition) is 1. The fraction of sp³-hybridized carbons (Fsp3) is 0.620. The molecule has 0 bridgehead atoms. The molecular formula is C50H82NO7+. The summed E-state index contributed by atoms with van der Waals surface area (Å²) >= 11 is 0. The number of carboxylic acids is 1. The molecule has 0 spiro atoms. The highest BCUT2D eigenvalue weighted by Crippen LogP contribution is 2.12. The number of carboxylic acid groups (broad SMARTS) is 1. The van der Waals surface area contributed by atoms with Crippen LogP contribution in [-0.2, 0) is 28.6 Å². The predicted octanol–water partition coefficient (Wildman–Crippen LogP) is 12.3. The summed E-state index contributed by atoms with van der Waals surface area (Å²) in [4.78, 5) is 37.0. The largest absolute Gasteiger partial charge is 0.477 e. The molecule has 2 atom stereocenters. The number of rotatable bonds is 38. The van der Waals surface area contributed by atoms with Gasteiger partial charge in [0.2, 0.25) is 0 Å². The van der Waals surface area contributed by atoms with E-state index in [1.165, 1.54) is 25.7 Å². The fourth-order valence-corrected chi connectivity index (χ4v) is 5.81. The molecule has 0 aromatic rings. The normalized spacial score (nSPS) is 13.9. The van der Waals surface area contributed by atoms with Gasteiger partial charge in [-0.3, -0.25) is 9.59 Å². The van der Waals surface area contributed by atoms with Gasteiger partial charge >= 0.3 is 17.9 Å². The van der Waals surface area contributed by atoms with E-state index >= 15 is 0 Å². The molecular weight excluding hydrogens is 727 g/mol. The maximum atomic E-state index is 12.7. The minimum atomic E-state index is -0.890. The number of allylic oxidation sites excluding steroid dienone is 16. The van der Waals surface area contributed by atoms with Crippen LogP contribution in [0.5, 0.6) is 0 Å². The number of likely N-dealkylation sites (N-methyl/N-ethyl adjacent to an activating group) is 1. The molecule has 0 amide bonds. The van der Waals surface area contributed by atoms with Crippen molar-refractivity contribution < 1.29 is 38.2 Å². The number of hydrogen-bond acceptors (Lipinski definition) is 6. The molecule has 0 aliphatic carbocycles. The fourth-order valence-electron chi connectivity index (χ4n) is 5.81. The average molecular weight is 809 g/mol. The molecule has 328 valence electrons. The summed E-state index contributed by atoms with van der Waals surface area (Å²) in [5.41, 5.74) is 0. The van der Waals surface area contributed by atoms with Crippen molar-refractivity contribution >= 4 is 17.9 Å². The standard InChI is InChI=1S/C50H81NO7/c1-6-8-10-12-14-16-18-20-21-22-23-24-25-26-27-29-31-33-35-37-39-41-49(53)58-46(44-56-43-42-47(50(54)55)51(3,4)5)45-57-48(52)40-38-36-34-32-30-28-19-17-15-13-11-9-7-2/h9,11,13-17,19-21,23-24,26-27,31,33,46-47H,6-8,10,12,18,22,25,28-30,32,34-45H2,1-5H3/p+1/b11-9+,15-13+,16-14+,19-17+,21-20+,24-23+,27-26+,33-31+. The molecule has 0 radical (unpaired) electrons. The highest BCUT2D eigenvalue weighted by molar-refractivity contribution is 5.72. The molecule has 0 fully saturated rings. The third-order valence-corrected chi connectivity index (χ3v) is 9.28. The molecule has 8 nitrogen and oxygen atoms in total. The Balaban J connectivity index is 4.47. The van der Waals surface area contributed by atoms with E-state index in [9.17, 15) is 19.5 Å². The maximum Gasteiger partial charge on any atom is 0.362 e. The van der Waals surface area contributed by atoms with Crippen molar-refractivity contribution in [2.45, 2.75) is 161 Å². The monoisotopic (exact) mass is 809 g/mol. The number of ether oxygens (including phenoxy) is 3. The number of carbonyl (C=O) groups is 3. The van der Waals surface area contributed by atoms with Crippen LogP contribution in [0.25, 0.3) is 0 Å². The second kappa shape index (κ2) is 40.0. The second-order valence-corrected chi connectivity index (χ2v) is 15.6. The summed E-state index contributed by atoms with van der Waals surface area (Å²) in [6, 6.07) is -0.632. The van der Waals surface area contributed by atoms with Crippen LogP contribution in [0.1, 0.15) is 149 Å². The first kappa shape index (κ1) is 54.2. The van der Waals surface area contributed by atoms with Gasteiger partial charge in [-0.05, 0) is 83.5 Å². The van der Waals surface area contributed by atoms with E-state index in [4.69, 9.17) is 14.2 Å². The summed E-state index contributed by atoms with van der Waals surface area (Å²) in [7, 11) is 5.49. The molecule has 0 aliphatic heterocycles. The average Bonchev–Trinajstić information content (AvgIpc) is 3.18. The smallest absolute Gasteiger partial charge is 0.362 e. The van der Waals surface area contributed by atoms with Gasteiger partial charge in [0.05, 0.1) is 34.4 Å². The van der Waals surface area contributed by atoms with Crippen LogP contribution < -0.4 is 0 Å². The highest BCUT2D eigenvalue weighted by Gasteiger charge is 2.31. The van der Waals surface area contributed by atoms with E-state index in [-0.39, 0.29) is 42.7 Å². The number of unbranched alkanes of at least 4 members (excludes halogenated alkanes) is 10. The lowest BCUT2D eigenvalue weighted by Crippen LogP contribution is -2.50. The quantitative estimate of drug-likeness (QED) is 0.0218. The van der Waals surface area contributed by atoms with Crippen molar-refractivity contribution in [1.29, 1.82) is 0 Å². The summed E-state index contributed by atoms with van der Waals surface area (Å²) < 4.78 is 17.2. The number of carbonyl (C=O) groups excluding carboxylic acids is 2. The number of aliphatic carboxylic acids is 1. The van der Waals surface area contributed by atoms with E-state index in [0.717, 1.165) is 83.5 Å².